The van der Waals surface area contributed by atoms with Gasteiger partial charge < -0.3 is 10.4 Å². The van der Waals surface area contributed by atoms with Crippen LogP contribution < -0.4 is 5.32 Å². The smallest absolute Gasteiger partial charge is 0.416 e. The van der Waals surface area contributed by atoms with Crippen molar-refractivity contribution in [1.82, 2.24) is 15.5 Å². The number of nitrogens with one attached hydrogen (secondary N) is 2. The van der Waals surface area contributed by atoms with Crippen LogP contribution in [0.2, 0.25) is 5.02 Å². The normalized spacial score (nSPS) is 21.5. The van der Waals surface area contributed by atoms with Crippen LogP contribution in [0.5, 0.6) is 0 Å². The summed E-state index contributed by atoms with van der Waals surface area (Å²) in [5.74, 6) is -1.73. The summed E-state index contributed by atoms with van der Waals surface area (Å²) in [5, 5.41) is 20.4. The number of hydrogen-bond acceptors (Lipinski definition) is 5. The molecule has 1 fully saturated rings. The summed E-state index contributed by atoms with van der Waals surface area (Å²) in [6.07, 6.45) is -0.917. The van der Waals surface area contributed by atoms with E-state index in [1.54, 1.807) is 24.4 Å². The molecule has 0 spiro atoms. The Morgan fingerprint density at radius 1 is 1.16 bits per heavy atom. The van der Waals surface area contributed by atoms with Gasteiger partial charge in [-0.05, 0) is 84.8 Å². The van der Waals surface area contributed by atoms with Gasteiger partial charge in [-0.1, -0.05) is 23.7 Å². The number of aromatic nitrogens is 2. The maximum absolute atomic E-state index is 13.9. The highest BCUT2D eigenvalue weighted by Crippen LogP contribution is 2.40. The first-order chi connectivity index (χ1) is 18.1. The molecule has 1 saturated carbocycles. The average Bonchev–Trinajstić information content (AvgIpc) is 3.48. The number of carbonyl (C=O) groups is 2. The zero-order valence-electron chi connectivity index (χ0n) is 19.8. The fourth-order valence-electron chi connectivity index (χ4n) is 4.82. The molecular weight excluding hydrogens is 541 g/mol. The topological polar surface area (TPSA) is 107 Å². The van der Waals surface area contributed by atoms with Crippen molar-refractivity contribution in [2.45, 2.75) is 44.3 Å². The summed E-state index contributed by atoms with van der Waals surface area (Å²) in [5.41, 5.74) is 0.861. The van der Waals surface area contributed by atoms with Crippen LogP contribution in [0.15, 0.2) is 52.5 Å². The van der Waals surface area contributed by atoms with Gasteiger partial charge in [0.25, 0.3) is 5.91 Å². The minimum atomic E-state index is -4.63. The summed E-state index contributed by atoms with van der Waals surface area (Å²) in [7, 11) is 0. The number of alkyl halides is 3. The third-order valence-corrected chi connectivity index (χ3v) is 8.07. The van der Waals surface area contributed by atoms with Gasteiger partial charge in [-0.15, -0.1) is 0 Å². The van der Waals surface area contributed by atoms with Gasteiger partial charge in [0.1, 0.15) is 0 Å². The number of H-pyrrole nitrogens is 1. The predicted octanol–water partition coefficient (Wildman–Crippen LogP) is 6.05. The second-order valence-corrected chi connectivity index (χ2v) is 10.7. The van der Waals surface area contributed by atoms with Crippen molar-refractivity contribution in [3.8, 4) is 0 Å². The van der Waals surface area contributed by atoms with Crippen LogP contribution in [0.4, 0.5) is 13.2 Å². The third kappa shape index (κ3) is 5.58. The van der Waals surface area contributed by atoms with E-state index in [9.17, 15) is 27.9 Å². The number of carboxylic acids is 1. The number of rotatable bonds is 5. The average molecular weight is 563 g/mol. The molecule has 7 nitrogen and oxygen atoms in total. The maximum Gasteiger partial charge on any atom is 0.416 e. The molecule has 1 amide bonds. The van der Waals surface area contributed by atoms with Crippen molar-refractivity contribution in [3.63, 3.8) is 0 Å². The second-order valence-electron chi connectivity index (χ2n) is 9.31. The van der Waals surface area contributed by atoms with E-state index in [0.717, 1.165) is 28.7 Å². The van der Waals surface area contributed by atoms with E-state index in [1.807, 2.05) is 0 Å². The van der Waals surface area contributed by atoms with Crippen LogP contribution in [0.3, 0.4) is 0 Å². The standard InChI is InChI=1S/C26H22ClF3N4O3S/c27-17-5-1-15(20(11-17)26(28,29)30)10-19(14-4-8-21-16(9-14)12-31-34-21)22-23(35)33-25(38-22)32-18-6-2-13(3-7-18)24(36)37/h1,4-5,8-9,11-13,18H,2-3,6-7,10H2,(H,31,34)(H,36,37)(H,32,33,35). The number of benzene rings is 2. The Labute approximate surface area is 224 Å². The Balaban J connectivity index is 1.48. The summed E-state index contributed by atoms with van der Waals surface area (Å²) in [6, 6.07) is 8.84. The van der Waals surface area contributed by atoms with Crippen molar-refractivity contribution in [1.29, 1.82) is 0 Å². The third-order valence-electron chi connectivity index (χ3n) is 6.81. The minimum Gasteiger partial charge on any atom is -0.481 e. The molecule has 12 heteroatoms. The zero-order valence-corrected chi connectivity index (χ0v) is 21.4. The molecule has 2 heterocycles. The number of halogens is 4. The fourth-order valence-corrected chi connectivity index (χ4v) is 5.98. The Bertz CT molecular complexity index is 1480. The molecule has 38 heavy (non-hydrogen) atoms. The lowest BCUT2D eigenvalue weighted by atomic mass is 9.86. The number of carboxylic acid groups (broad SMARTS) is 1. The quantitative estimate of drug-likeness (QED) is 0.327. The monoisotopic (exact) mass is 562 g/mol. The van der Waals surface area contributed by atoms with Crippen molar-refractivity contribution < 1.29 is 27.9 Å². The van der Waals surface area contributed by atoms with Crippen LogP contribution in [0.1, 0.15) is 42.4 Å². The molecule has 1 aromatic heterocycles. The van der Waals surface area contributed by atoms with Gasteiger partial charge in [-0.25, -0.2) is 0 Å². The molecule has 2 aromatic carbocycles. The number of thioether (sulfide) groups is 1. The molecule has 1 aliphatic carbocycles. The van der Waals surface area contributed by atoms with E-state index in [0.29, 0.717) is 42.0 Å². The number of hydrogen-bond donors (Lipinski definition) is 3. The summed E-state index contributed by atoms with van der Waals surface area (Å²) in [4.78, 5) is 28.7. The van der Waals surface area contributed by atoms with Crippen molar-refractivity contribution in [2.75, 3.05) is 0 Å². The number of allylic oxidation sites excluding steroid dienone is 1. The molecule has 0 bridgehead atoms. The van der Waals surface area contributed by atoms with E-state index in [2.05, 4.69) is 20.5 Å². The lowest BCUT2D eigenvalue weighted by molar-refractivity contribution is -0.143. The van der Waals surface area contributed by atoms with E-state index in [1.165, 1.54) is 12.1 Å². The Morgan fingerprint density at radius 2 is 1.92 bits per heavy atom. The molecule has 1 aliphatic heterocycles. The molecule has 0 radical (unpaired) electrons. The van der Waals surface area contributed by atoms with Crippen molar-refractivity contribution >= 4 is 56.9 Å². The lowest BCUT2D eigenvalue weighted by Gasteiger charge is -2.27. The molecule has 198 valence electrons. The molecule has 0 unspecified atom stereocenters. The highest BCUT2D eigenvalue weighted by molar-refractivity contribution is 8.18. The Hall–Kier alpha value is -3.31. The number of aromatic amines is 1. The molecule has 2 aliphatic rings. The van der Waals surface area contributed by atoms with Crippen molar-refractivity contribution in [3.05, 3.63) is 69.2 Å². The molecule has 3 aromatic rings. The number of aliphatic imine (C=N–C) groups is 1. The number of fused-ring (bicyclic) bond motifs is 1. The maximum atomic E-state index is 13.9. The van der Waals surface area contributed by atoms with E-state index in [-0.39, 0.29) is 33.9 Å². The fraction of sp³-hybridized carbons (Fsp3) is 0.308. The second kappa shape index (κ2) is 10.5. The largest absolute Gasteiger partial charge is 0.481 e. The summed E-state index contributed by atoms with van der Waals surface area (Å²) < 4.78 is 41.6. The first kappa shape index (κ1) is 26.3. The van der Waals surface area contributed by atoms with Gasteiger partial charge in [0.15, 0.2) is 5.17 Å². The molecule has 0 atom stereocenters. The number of nitrogens with zero attached hydrogens (tertiary/aromatic N) is 2. The molecule has 5 rings (SSSR count). The molecular formula is C26H22ClF3N4O3S. The minimum absolute atomic E-state index is 0.0153. The predicted molar refractivity (Wildman–Crippen MR) is 140 cm³/mol. The number of aliphatic carboxylic acids is 1. The number of amidine groups is 1. The summed E-state index contributed by atoms with van der Waals surface area (Å²) in [6.45, 7) is 0. The van der Waals surface area contributed by atoms with E-state index < -0.39 is 23.6 Å². The van der Waals surface area contributed by atoms with Crippen LogP contribution in [0.25, 0.3) is 16.5 Å². The van der Waals surface area contributed by atoms with Crippen molar-refractivity contribution in [2.24, 2.45) is 10.9 Å². The zero-order chi connectivity index (χ0) is 27.0. The lowest BCUT2D eigenvalue weighted by Crippen LogP contribution is -2.37. The summed E-state index contributed by atoms with van der Waals surface area (Å²) >= 11 is 6.97. The van der Waals surface area contributed by atoms with E-state index >= 15 is 0 Å². The van der Waals surface area contributed by atoms with Crippen LogP contribution in [0, 0.1) is 5.92 Å². The van der Waals surface area contributed by atoms with Gasteiger partial charge in [0.2, 0.25) is 0 Å². The number of carbonyl (C=O) groups excluding carboxylic acids is 1. The van der Waals surface area contributed by atoms with Crippen LogP contribution in [-0.2, 0) is 22.2 Å². The highest BCUT2D eigenvalue weighted by atomic mass is 35.5. The van der Waals surface area contributed by atoms with Gasteiger partial charge in [-0.3, -0.25) is 14.7 Å². The van der Waals surface area contributed by atoms with Gasteiger partial charge in [0, 0.05) is 16.5 Å². The Morgan fingerprint density at radius 3 is 2.63 bits per heavy atom. The molecule has 3 N–H and O–H groups in total. The van der Waals surface area contributed by atoms with Gasteiger partial charge in [0.05, 0.1) is 28.1 Å². The molecule has 0 saturated heterocycles. The van der Waals surface area contributed by atoms with Crippen LogP contribution in [-0.4, -0.2) is 38.4 Å². The van der Waals surface area contributed by atoms with Crippen LogP contribution >= 0.6 is 23.4 Å². The van der Waals surface area contributed by atoms with E-state index in [4.69, 9.17) is 11.6 Å². The Kier molecular flexibility index (Phi) is 7.23. The van der Waals surface area contributed by atoms with Gasteiger partial charge >= 0.3 is 12.1 Å². The first-order valence-electron chi connectivity index (χ1n) is 11.9. The number of amides is 1. The highest BCUT2D eigenvalue weighted by Gasteiger charge is 2.35. The first-order valence-corrected chi connectivity index (χ1v) is 13.1. The van der Waals surface area contributed by atoms with Gasteiger partial charge in [-0.2, -0.15) is 23.3 Å². The SMILES string of the molecule is O=C1N=C(NC2CCC(C(=O)O)CC2)SC1=C(Cc1ccc(Cl)cc1C(F)(F)F)c1ccc2[nH]ncc2c1.